The van der Waals surface area contributed by atoms with Crippen molar-refractivity contribution in [3.63, 3.8) is 0 Å². The standard InChI is InChI=1S/C6H15NO2.ClH/c1-4-5-7-6(8-2)9-3;/h6-7H,4-5H2,1-3H3;1H. The molecule has 0 unspecified atom stereocenters. The highest BCUT2D eigenvalue weighted by Crippen LogP contribution is 1.83. The number of nitrogens with one attached hydrogen (secondary N) is 1. The molecule has 0 aromatic carbocycles. The first-order valence-electron chi connectivity index (χ1n) is 3.14. The minimum absolute atomic E-state index is 0. The van der Waals surface area contributed by atoms with Crippen LogP contribution in [0.4, 0.5) is 0 Å². The second-order valence-electron chi connectivity index (χ2n) is 1.76. The van der Waals surface area contributed by atoms with Crippen LogP contribution in [-0.2, 0) is 9.47 Å². The average molecular weight is 170 g/mol. The second kappa shape index (κ2) is 9.17. The Labute approximate surface area is 68.5 Å². The average Bonchev–Trinajstić information content (AvgIpc) is 1.91. The van der Waals surface area contributed by atoms with Crippen molar-refractivity contribution in [1.82, 2.24) is 5.32 Å². The summed E-state index contributed by atoms with van der Waals surface area (Å²) in [5.41, 5.74) is 0. The smallest absolute Gasteiger partial charge is 0.215 e. The fourth-order valence-electron chi connectivity index (χ4n) is 0.525. The molecule has 10 heavy (non-hydrogen) atoms. The summed E-state index contributed by atoms with van der Waals surface area (Å²) in [7, 11) is 3.22. The SMILES string of the molecule is CCCNC(OC)OC.Cl. The molecule has 0 aliphatic carbocycles. The Balaban J connectivity index is 0. The van der Waals surface area contributed by atoms with Crippen molar-refractivity contribution in [2.75, 3.05) is 20.8 Å². The normalized spacial score (nSPS) is 9.60. The van der Waals surface area contributed by atoms with Gasteiger partial charge in [-0.15, -0.1) is 12.4 Å². The summed E-state index contributed by atoms with van der Waals surface area (Å²) in [5, 5.41) is 3.02. The molecule has 0 amide bonds. The van der Waals surface area contributed by atoms with Crippen LogP contribution in [0, 0.1) is 0 Å². The molecule has 0 spiro atoms. The zero-order valence-electron chi connectivity index (χ0n) is 6.72. The predicted octanol–water partition coefficient (Wildman–Crippen LogP) is 0.984. The van der Waals surface area contributed by atoms with Gasteiger partial charge in [-0.25, -0.2) is 0 Å². The van der Waals surface area contributed by atoms with E-state index in [1.54, 1.807) is 14.2 Å². The van der Waals surface area contributed by atoms with Gasteiger partial charge >= 0.3 is 0 Å². The Kier molecular flexibility index (Phi) is 11.7. The van der Waals surface area contributed by atoms with Crippen molar-refractivity contribution < 1.29 is 9.47 Å². The number of halogens is 1. The molecule has 0 atom stereocenters. The fraction of sp³-hybridized carbons (Fsp3) is 1.00. The molecule has 0 heterocycles. The van der Waals surface area contributed by atoms with Crippen LogP contribution in [0.1, 0.15) is 13.3 Å². The molecule has 0 aromatic heterocycles. The largest absolute Gasteiger partial charge is 0.343 e. The van der Waals surface area contributed by atoms with Crippen molar-refractivity contribution in [3.05, 3.63) is 0 Å². The van der Waals surface area contributed by atoms with Gasteiger partial charge in [0.25, 0.3) is 0 Å². The molecule has 0 saturated heterocycles. The van der Waals surface area contributed by atoms with Gasteiger partial charge in [-0.1, -0.05) is 6.92 Å². The van der Waals surface area contributed by atoms with Crippen LogP contribution in [-0.4, -0.2) is 27.2 Å². The molecule has 0 aliphatic heterocycles. The van der Waals surface area contributed by atoms with Crippen LogP contribution >= 0.6 is 12.4 Å². The molecule has 0 saturated carbocycles. The van der Waals surface area contributed by atoms with Gasteiger partial charge < -0.3 is 9.47 Å². The quantitative estimate of drug-likeness (QED) is 0.623. The summed E-state index contributed by atoms with van der Waals surface area (Å²) >= 11 is 0. The fourth-order valence-corrected chi connectivity index (χ4v) is 0.525. The molecule has 64 valence electrons. The van der Waals surface area contributed by atoms with E-state index in [0.717, 1.165) is 13.0 Å². The predicted molar refractivity (Wildman–Crippen MR) is 43.3 cm³/mol. The van der Waals surface area contributed by atoms with Crippen LogP contribution in [0.25, 0.3) is 0 Å². The van der Waals surface area contributed by atoms with Gasteiger partial charge in [0.05, 0.1) is 0 Å². The first-order valence-corrected chi connectivity index (χ1v) is 3.14. The van der Waals surface area contributed by atoms with E-state index in [9.17, 15) is 0 Å². The molecule has 0 bridgehead atoms. The summed E-state index contributed by atoms with van der Waals surface area (Å²) in [5.74, 6) is 0. The van der Waals surface area contributed by atoms with Crippen molar-refractivity contribution in [3.8, 4) is 0 Å². The van der Waals surface area contributed by atoms with E-state index in [1.807, 2.05) is 0 Å². The third kappa shape index (κ3) is 6.29. The zero-order chi connectivity index (χ0) is 7.11. The molecule has 0 rings (SSSR count). The van der Waals surface area contributed by atoms with E-state index >= 15 is 0 Å². The number of ether oxygens (including phenoxy) is 2. The Morgan fingerprint density at radius 3 is 2.10 bits per heavy atom. The molecule has 0 aliphatic rings. The van der Waals surface area contributed by atoms with Crippen LogP contribution < -0.4 is 5.32 Å². The van der Waals surface area contributed by atoms with Crippen molar-refractivity contribution in [1.29, 1.82) is 0 Å². The third-order valence-corrected chi connectivity index (χ3v) is 0.989. The van der Waals surface area contributed by atoms with E-state index in [2.05, 4.69) is 12.2 Å². The molecular weight excluding hydrogens is 154 g/mol. The summed E-state index contributed by atoms with van der Waals surface area (Å²) in [4.78, 5) is 0. The Morgan fingerprint density at radius 2 is 1.80 bits per heavy atom. The van der Waals surface area contributed by atoms with E-state index in [-0.39, 0.29) is 18.8 Å². The van der Waals surface area contributed by atoms with Gasteiger partial charge in [0.1, 0.15) is 0 Å². The molecule has 0 fully saturated rings. The summed E-state index contributed by atoms with van der Waals surface area (Å²) < 4.78 is 9.74. The second-order valence-corrected chi connectivity index (χ2v) is 1.76. The lowest BCUT2D eigenvalue weighted by Crippen LogP contribution is -2.32. The zero-order valence-corrected chi connectivity index (χ0v) is 7.53. The van der Waals surface area contributed by atoms with Crippen molar-refractivity contribution >= 4 is 12.4 Å². The minimum atomic E-state index is -0.245. The number of rotatable bonds is 5. The molecule has 1 N–H and O–H groups in total. The molecular formula is C6H16ClNO2. The van der Waals surface area contributed by atoms with Gasteiger partial charge in [0, 0.05) is 14.2 Å². The lowest BCUT2D eigenvalue weighted by atomic mass is 10.5. The van der Waals surface area contributed by atoms with E-state index in [4.69, 9.17) is 9.47 Å². The summed E-state index contributed by atoms with van der Waals surface area (Å²) in [6.07, 6.45) is 0.841. The van der Waals surface area contributed by atoms with Gasteiger partial charge in [-0.3, -0.25) is 5.32 Å². The van der Waals surface area contributed by atoms with E-state index in [1.165, 1.54) is 0 Å². The number of methoxy groups -OCH3 is 2. The van der Waals surface area contributed by atoms with Crippen LogP contribution in [0.15, 0.2) is 0 Å². The lowest BCUT2D eigenvalue weighted by Gasteiger charge is -2.13. The molecule has 0 radical (unpaired) electrons. The van der Waals surface area contributed by atoms with E-state index in [0.29, 0.717) is 0 Å². The Morgan fingerprint density at radius 1 is 1.30 bits per heavy atom. The summed E-state index contributed by atoms with van der Waals surface area (Å²) in [6.45, 7) is 3.02. The topological polar surface area (TPSA) is 30.5 Å². The Bertz CT molecular complexity index is 59.7. The first kappa shape index (κ1) is 12.8. The highest BCUT2D eigenvalue weighted by molar-refractivity contribution is 5.85. The van der Waals surface area contributed by atoms with Crippen LogP contribution in [0.3, 0.4) is 0 Å². The minimum Gasteiger partial charge on any atom is -0.343 e. The number of hydrogen-bond donors (Lipinski definition) is 1. The monoisotopic (exact) mass is 169 g/mol. The highest BCUT2D eigenvalue weighted by Gasteiger charge is 1.99. The maximum absolute atomic E-state index is 4.87. The van der Waals surface area contributed by atoms with Crippen LogP contribution in [0.2, 0.25) is 0 Å². The number of hydrogen-bond acceptors (Lipinski definition) is 3. The molecule has 0 aromatic rings. The van der Waals surface area contributed by atoms with E-state index < -0.39 is 0 Å². The van der Waals surface area contributed by atoms with Gasteiger partial charge in [-0.05, 0) is 13.0 Å². The highest BCUT2D eigenvalue weighted by atomic mass is 35.5. The Hall–Kier alpha value is 0.170. The summed E-state index contributed by atoms with van der Waals surface area (Å²) in [6, 6.07) is 0. The molecule has 3 nitrogen and oxygen atoms in total. The maximum Gasteiger partial charge on any atom is 0.215 e. The lowest BCUT2D eigenvalue weighted by molar-refractivity contribution is -0.122. The van der Waals surface area contributed by atoms with Crippen LogP contribution in [0.5, 0.6) is 0 Å². The third-order valence-electron chi connectivity index (χ3n) is 0.989. The van der Waals surface area contributed by atoms with Crippen molar-refractivity contribution in [2.24, 2.45) is 0 Å². The van der Waals surface area contributed by atoms with Crippen molar-refractivity contribution in [2.45, 2.75) is 19.8 Å². The van der Waals surface area contributed by atoms with Gasteiger partial charge in [-0.2, -0.15) is 0 Å². The maximum atomic E-state index is 4.87. The molecule has 4 heteroatoms. The first-order chi connectivity index (χ1) is 4.35. The van der Waals surface area contributed by atoms with Gasteiger partial charge in [0.15, 0.2) is 0 Å². The van der Waals surface area contributed by atoms with Gasteiger partial charge in [0.2, 0.25) is 6.41 Å².